The highest BCUT2D eigenvalue weighted by Crippen LogP contribution is 2.49. The molecule has 0 aromatic rings. The second-order valence-electron chi connectivity index (χ2n) is 2.76. The van der Waals surface area contributed by atoms with E-state index in [0.717, 1.165) is 0 Å². The summed E-state index contributed by atoms with van der Waals surface area (Å²) < 4.78 is 8.46. The van der Waals surface area contributed by atoms with Crippen molar-refractivity contribution in [2.45, 2.75) is 25.7 Å². The van der Waals surface area contributed by atoms with Crippen molar-refractivity contribution in [2.75, 3.05) is 0 Å². The van der Waals surface area contributed by atoms with Gasteiger partial charge >= 0.3 is 8.69 Å². The van der Waals surface area contributed by atoms with Crippen LogP contribution in [0.15, 0.2) is 0 Å². The Kier molecular flexibility index (Phi) is 2.62. The molecule has 52 valence electrons. The molecule has 9 heavy (non-hydrogen) atoms. The Morgan fingerprint density at radius 1 is 1.11 bits per heavy atom. The van der Waals surface area contributed by atoms with Crippen molar-refractivity contribution in [3.63, 3.8) is 0 Å². The van der Waals surface area contributed by atoms with Gasteiger partial charge in [0.2, 0.25) is 0 Å². The first-order chi connectivity index (χ1) is 4.38. The largest absolute Gasteiger partial charge is 0.324 e. The van der Waals surface area contributed by atoms with Gasteiger partial charge < -0.3 is 4.89 Å². The fourth-order valence-electron chi connectivity index (χ4n) is 1.56. The molecule has 0 aliphatic heterocycles. The maximum absolute atomic E-state index is 8.46. The second kappa shape index (κ2) is 3.28. The Balaban J connectivity index is 0.000000120. The van der Waals surface area contributed by atoms with Crippen molar-refractivity contribution in [3.05, 3.63) is 0 Å². The lowest BCUT2D eigenvalue weighted by molar-refractivity contribution is 0.0548. The van der Waals surface area contributed by atoms with Gasteiger partial charge in [-0.2, -0.15) is 0 Å². The molecular formula is C6H11O2P. The van der Waals surface area contributed by atoms with Gasteiger partial charge in [-0.25, -0.2) is 4.57 Å². The monoisotopic (exact) mass is 146 g/mol. The molecule has 0 amide bonds. The molecule has 3 heteroatoms. The summed E-state index contributed by atoms with van der Waals surface area (Å²) in [7, 11) is -0.833. The molecule has 0 heterocycles. The molecule has 0 saturated heterocycles. The normalized spacial score (nSPS) is 37.0. The van der Waals surface area contributed by atoms with E-state index in [2.05, 4.69) is 0 Å². The highest BCUT2D eigenvalue weighted by atomic mass is 31.1. The van der Waals surface area contributed by atoms with E-state index < -0.39 is 8.69 Å². The minimum atomic E-state index is -0.833. The zero-order valence-corrected chi connectivity index (χ0v) is 6.18. The molecule has 0 bridgehead atoms. The Bertz CT molecular complexity index is 87.2. The molecule has 2 nitrogen and oxygen atoms in total. The highest BCUT2D eigenvalue weighted by Gasteiger charge is 2.37. The average molecular weight is 146 g/mol. The Morgan fingerprint density at radius 3 is 1.33 bits per heavy atom. The molecule has 2 aliphatic carbocycles. The van der Waals surface area contributed by atoms with Crippen LogP contribution < -0.4 is 0 Å². The minimum Gasteiger partial charge on any atom is -0.310 e. The van der Waals surface area contributed by atoms with Gasteiger partial charge in [0.25, 0.3) is 0 Å². The summed E-state index contributed by atoms with van der Waals surface area (Å²) in [5.74, 6) is 2.43. The van der Waals surface area contributed by atoms with E-state index in [-0.39, 0.29) is 0 Å². The van der Waals surface area contributed by atoms with E-state index in [9.17, 15) is 0 Å². The maximum Gasteiger partial charge on any atom is 0.324 e. The number of rotatable bonds is 0. The van der Waals surface area contributed by atoms with E-state index in [1.165, 1.54) is 11.8 Å². The fourth-order valence-corrected chi connectivity index (χ4v) is 1.56. The first kappa shape index (κ1) is 7.17. The van der Waals surface area contributed by atoms with Crippen LogP contribution >= 0.6 is 8.69 Å². The van der Waals surface area contributed by atoms with Crippen molar-refractivity contribution < 1.29 is 9.46 Å². The van der Waals surface area contributed by atoms with Gasteiger partial charge in [-0.05, 0) is 37.5 Å². The number of fused-ring (bicyclic) bond motifs is 1. The van der Waals surface area contributed by atoms with Gasteiger partial charge in [-0.15, -0.1) is 0 Å². The summed E-state index contributed by atoms with van der Waals surface area (Å²) in [5.41, 5.74) is 0. The standard InChI is InChI=1S/C6H10.HO2P/c1-2-6-4-3-5(1)6;1-3-2/h5-6H,1-4H2;(H,1,2). The first-order valence-corrected chi connectivity index (χ1v) is 4.11. The van der Waals surface area contributed by atoms with Gasteiger partial charge in [0.15, 0.2) is 0 Å². The molecule has 2 rings (SSSR count). The van der Waals surface area contributed by atoms with E-state index in [4.69, 9.17) is 9.46 Å². The lowest BCUT2D eigenvalue weighted by atomic mass is 9.60. The van der Waals surface area contributed by atoms with Crippen LogP contribution in [0.2, 0.25) is 0 Å². The van der Waals surface area contributed by atoms with E-state index in [1.807, 2.05) is 0 Å². The van der Waals surface area contributed by atoms with Crippen molar-refractivity contribution in [1.82, 2.24) is 0 Å². The van der Waals surface area contributed by atoms with Crippen LogP contribution in [-0.4, -0.2) is 4.89 Å². The van der Waals surface area contributed by atoms with E-state index in [0.29, 0.717) is 0 Å². The zero-order valence-electron chi connectivity index (χ0n) is 5.29. The van der Waals surface area contributed by atoms with Crippen LogP contribution in [0, 0.1) is 11.8 Å². The number of hydrogen-bond donors (Lipinski definition) is 1. The van der Waals surface area contributed by atoms with Crippen LogP contribution in [0.3, 0.4) is 0 Å². The maximum atomic E-state index is 8.46. The summed E-state index contributed by atoms with van der Waals surface area (Å²) in [6.07, 6.45) is 6.24. The zero-order chi connectivity index (χ0) is 6.69. The third-order valence-corrected chi connectivity index (χ3v) is 2.48. The predicted molar refractivity (Wildman–Crippen MR) is 35.3 cm³/mol. The molecule has 0 spiro atoms. The van der Waals surface area contributed by atoms with Crippen LogP contribution in [0.5, 0.6) is 0 Å². The van der Waals surface area contributed by atoms with Gasteiger partial charge in [0, 0.05) is 0 Å². The van der Waals surface area contributed by atoms with Crippen LogP contribution in [0.4, 0.5) is 0 Å². The third-order valence-electron chi connectivity index (χ3n) is 2.48. The highest BCUT2D eigenvalue weighted by molar-refractivity contribution is 7.16. The van der Waals surface area contributed by atoms with E-state index in [1.54, 1.807) is 25.7 Å². The van der Waals surface area contributed by atoms with E-state index >= 15 is 0 Å². The lowest BCUT2D eigenvalue weighted by Gasteiger charge is -2.46. The fraction of sp³-hybridized carbons (Fsp3) is 1.00. The van der Waals surface area contributed by atoms with Gasteiger partial charge in [0.1, 0.15) is 0 Å². The molecule has 2 fully saturated rings. The van der Waals surface area contributed by atoms with Crippen LogP contribution in [0.1, 0.15) is 25.7 Å². The Labute approximate surface area is 56.6 Å². The summed E-state index contributed by atoms with van der Waals surface area (Å²) >= 11 is 0. The lowest BCUT2D eigenvalue weighted by Crippen LogP contribution is -2.34. The van der Waals surface area contributed by atoms with Crippen molar-refractivity contribution in [1.29, 1.82) is 0 Å². The average Bonchev–Trinajstić information content (AvgIpc) is 1.81. The van der Waals surface area contributed by atoms with Gasteiger partial charge in [-0.3, -0.25) is 0 Å². The molecule has 2 saturated carbocycles. The number of hydrogen-bond acceptors (Lipinski definition) is 1. The topological polar surface area (TPSA) is 37.3 Å². The van der Waals surface area contributed by atoms with Gasteiger partial charge in [0.05, 0.1) is 0 Å². The first-order valence-electron chi connectivity index (χ1n) is 3.35. The minimum absolute atomic E-state index is 0.833. The third kappa shape index (κ3) is 1.50. The molecule has 0 radical (unpaired) electrons. The molecule has 0 aromatic heterocycles. The molecule has 2 aliphatic rings. The second-order valence-corrected chi connectivity index (χ2v) is 2.92. The van der Waals surface area contributed by atoms with Crippen molar-refractivity contribution >= 4 is 8.69 Å². The summed E-state index contributed by atoms with van der Waals surface area (Å²) in [6, 6.07) is 0. The summed E-state index contributed by atoms with van der Waals surface area (Å²) in [4.78, 5) is 6.99. The molecule has 0 atom stereocenters. The molecule has 0 unspecified atom stereocenters. The molecular weight excluding hydrogens is 135 g/mol. The molecule has 0 aromatic carbocycles. The van der Waals surface area contributed by atoms with Crippen molar-refractivity contribution in [3.8, 4) is 0 Å². The summed E-state index contributed by atoms with van der Waals surface area (Å²) in [5, 5.41) is 0. The quantitative estimate of drug-likeness (QED) is 0.530. The van der Waals surface area contributed by atoms with Crippen LogP contribution in [0.25, 0.3) is 0 Å². The Hall–Kier alpha value is 0.0600. The SMILES string of the molecule is C1CC2CCC12.O=PO. The molecule has 1 N–H and O–H groups in total. The van der Waals surface area contributed by atoms with Crippen molar-refractivity contribution in [2.24, 2.45) is 11.8 Å². The predicted octanol–water partition coefficient (Wildman–Crippen LogP) is 1.99. The summed E-state index contributed by atoms with van der Waals surface area (Å²) in [6.45, 7) is 0. The smallest absolute Gasteiger partial charge is 0.310 e. The van der Waals surface area contributed by atoms with Gasteiger partial charge in [-0.1, -0.05) is 0 Å². The van der Waals surface area contributed by atoms with Crippen LogP contribution in [-0.2, 0) is 4.57 Å². The Morgan fingerprint density at radius 2 is 1.33 bits per heavy atom.